The fourth-order valence-electron chi connectivity index (χ4n) is 3.84. The van der Waals surface area contributed by atoms with Crippen molar-refractivity contribution in [3.8, 4) is 0 Å². The molecule has 4 aliphatic rings. The first-order valence-electron chi connectivity index (χ1n) is 7.83. The topological polar surface area (TPSA) is 88.1 Å². The minimum absolute atomic E-state index is 0.00836. The summed E-state index contributed by atoms with van der Waals surface area (Å²) >= 11 is 0. The van der Waals surface area contributed by atoms with E-state index in [4.69, 9.17) is 9.47 Å². The Bertz CT molecular complexity index is 544. The number of carbonyl (C=O) groups excluding carboxylic acids is 3. The molecule has 24 heavy (non-hydrogen) atoms. The lowest BCUT2D eigenvalue weighted by molar-refractivity contribution is -0.180. The van der Waals surface area contributed by atoms with Crippen molar-refractivity contribution in [3.05, 3.63) is 0 Å². The van der Waals surface area contributed by atoms with Crippen LogP contribution in [0, 0.1) is 17.8 Å². The molecule has 4 rings (SSSR count). The van der Waals surface area contributed by atoms with Crippen molar-refractivity contribution in [1.82, 2.24) is 0 Å². The van der Waals surface area contributed by atoms with Crippen LogP contribution in [0.2, 0.25) is 0 Å². The van der Waals surface area contributed by atoms with Crippen LogP contribution in [-0.4, -0.2) is 43.0 Å². The van der Waals surface area contributed by atoms with Crippen molar-refractivity contribution in [2.75, 3.05) is 6.79 Å². The van der Waals surface area contributed by atoms with E-state index in [1.54, 1.807) is 0 Å². The molecular formula is C15H18F2O7. The summed E-state index contributed by atoms with van der Waals surface area (Å²) in [5.74, 6) is -5.48. The molecule has 5 unspecified atom stereocenters. The summed E-state index contributed by atoms with van der Waals surface area (Å²) in [5, 5.41) is 0. The van der Waals surface area contributed by atoms with Crippen LogP contribution < -0.4 is 0 Å². The van der Waals surface area contributed by atoms with Gasteiger partial charge in [-0.2, -0.15) is 8.78 Å². The molecule has 5 atom stereocenters. The SMILES string of the molecule is CC(F)(F)C(=O)OCOC(=O)OC1C2CC3CC(C2)C(=O)OC1C3. The fourth-order valence-corrected chi connectivity index (χ4v) is 3.84. The van der Waals surface area contributed by atoms with E-state index in [9.17, 15) is 23.2 Å². The first kappa shape index (κ1) is 16.9. The second-order valence-electron chi connectivity index (χ2n) is 6.66. The minimum Gasteiger partial charge on any atom is -0.458 e. The van der Waals surface area contributed by atoms with E-state index in [0.29, 0.717) is 25.7 Å². The number of rotatable bonds is 4. The van der Waals surface area contributed by atoms with Gasteiger partial charge in [-0.1, -0.05) is 0 Å². The Morgan fingerprint density at radius 2 is 1.96 bits per heavy atom. The van der Waals surface area contributed by atoms with Crippen LogP contribution >= 0.6 is 0 Å². The van der Waals surface area contributed by atoms with E-state index in [1.807, 2.05) is 0 Å². The Hall–Kier alpha value is -1.93. The van der Waals surface area contributed by atoms with Gasteiger partial charge in [-0.3, -0.25) is 4.79 Å². The maximum absolute atomic E-state index is 12.6. The summed E-state index contributed by atoms with van der Waals surface area (Å²) in [6, 6.07) is 0. The Morgan fingerprint density at radius 3 is 2.67 bits per heavy atom. The average molecular weight is 348 g/mol. The number of halogens is 2. The molecular weight excluding hydrogens is 330 g/mol. The highest BCUT2D eigenvalue weighted by molar-refractivity contribution is 5.77. The van der Waals surface area contributed by atoms with Gasteiger partial charge < -0.3 is 18.9 Å². The lowest BCUT2D eigenvalue weighted by atomic mass is 9.67. The molecule has 0 radical (unpaired) electrons. The second kappa shape index (κ2) is 6.18. The van der Waals surface area contributed by atoms with Crippen LogP contribution in [0.3, 0.4) is 0 Å². The number of ether oxygens (including phenoxy) is 4. The van der Waals surface area contributed by atoms with E-state index in [2.05, 4.69) is 9.47 Å². The number of fused-ring (bicyclic) bond motifs is 1. The van der Waals surface area contributed by atoms with E-state index in [0.717, 1.165) is 12.8 Å². The Morgan fingerprint density at radius 1 is 1.21 bits per heavy atom. The molecule has 134 valence electrons. The first-order valence-corrected chi connectivity index (χ1v) is 7.83. The van der Waals surface area contributed by atoms with Crippen LogP contribution in [0.15, 0.2) is 0 Å². The van der Waals surface area contributed by atoms with Crippen LogP contribution in [0.5, 0.6) is 0 Å². The van der Waals surface area contributed by atoms with Gasteiger partial charge in [0.1, 0.15) is 12.2 Å². The Labute approximate surface area is 136 Å². The molecule has 2 aliphatic heterocycles. The fraction of sp³-hybridized carbons (Fsp3) is 0.800. The smallest absolute Gasteiger partial charge is 0.458 e. The van der Waals surface area contributed by atoms with Gasteiger partial charge in [0.25, 0.3) is 0 Å². The van der Waals surface area contributed by atoms with E-state index in [-0.39, 0.29) is 17.8 Å². The maximum atomic E-state index is 12.6. The maximum Gasteiger partial charge on any atom is 0.511 e. The molecule has 2 saturated heterocycles. The van der Waals surface area contributed by atoms with Crippen molar-refractivity contribution >= 4 is 18.1 Å². The lowest BCUT2D eigenvalue weighted by Gasteiger charge is -2.40. The van der Waals surface area contributed by atoms with Crippen molar-refractivity contribution in [1.29, 1.82) is 0 Å². The number of hydrogen-bond acceptors (Lipinski definition) is 7. The van der Waals surface area contributed by atoms with Gasteiger partial charge in [0, 0.05) is 12.8 Å². The third-order valence-electron chi connectivity index (χ3n) is 4.80. The highest BCUT2D eigenvalue weighted by Gasteiger charge is 2.51. The predicted octanol–water partition coefficient (Wildman–Crippen LogP) is 2.03. The standard InChI is InChI=1S/C15H18F2O7/c1-15(16,17)13(19)21-6-22-14(20)24-11-8-2-7-3-9(5-8)12(18)23-10(11)4-7/h7-11H,2-6H2,1H3. The first-order chi connectivity index (χ1) is 11.2. The summed E-state index contributed by atoms with van der Waals surface area (Å²) < 4.78 is 44.4. The Balaban J connectivity index is 1.52. The van der Waals surface area contributed by atoms with Crippen LogP contribution in [-0.2, 0) is 28.5 Å². The molecule has 0 aromatic carbocycles. The predicted molar refractivity (Wildman–Crippen MR) is 71.8 cm³/mol. The zero-order valence-corrected chi connectivity index (χ0v) is 13.0. The van der Waals surface area contributed by atoms with Gasteiger partial charge >= 0.3 is 24.0 Å². The molecule has 0 N–H and O–H groups in total. The number of esters is 2. The molecule has 0 spiro atoms. The average Bonchev–Trinajstić information content (AvgIpc) is 2.64. The number of alkyl halides is 2. The quantitative estimate of drug-likeness (QED) is 0.436. The van der Waals surface area contributed by atoms with Crippen LogP contribution in [0.1, 0.15) is 32.6 Å². The third kappa shape index (κ3) is 3.44. The van der Waals surface area contributed by atoms with Crippen LogP contribution in [0.4, 0.5) is 13.6 Å². The number of carbonyl (C=O) groups is 3. The van der Waals surface area contributed by atoms with Crippen molar-refractivity contribution in [2.45, 2.75) is 50.7 Å². The third-order valence-corrected chi connectivity index (χ3v) is 4.80. The van der Waals surface area contributed by atoms with E-state index in [1.165, 1.54) is 0 Å². The molecule has 0 aromatic heterocycles. The molecule has 0 amide bonds. The highest BCUT2D eigenvalue weighted by Crippen LogP contribution is 2.48. The zero-order chi connectivity index (χ0) is 17.5. The molecule has 2 saturated carbocycles. The monoisotopic (exact) mass is 348 g/mol. The lowest BCUT2D eigenvalue weighted by Crippen LogP contribution is -2.45. The van der Waals surface area contributed by atoms with E-state index < -0.39 is 37.0 Å². The van der Waals surface area contributed by atoms with Gasteiger partial charge in [0.2, 0.25) is 6.79 Å². The van der Waals surface area contributed by atoms with Crippen molar-refractivity contribution in [3.63, 3.8) is 0 Å². The minimum atomic E-state index is -3.67. The Kier molecular flexibility index (Phi) is 4.35. The summed E-state index contributed by atoms with van der Waals surface area (Å²) in [7, 11) is 0. The molecule has 2 aliphatic carbocycles. The van der Waals surface area contributed by atoms with Crippen LogP contribution in [0.25, 0.3) is 0 Å². The second-order valence-corrected chi connectivity index (χ2v) is 6.66. The van der Waals surface area contributed by atoms with Crippen molar-refractivity contribution < 1.29 is 42.1 Å². The highest BCUT2D eigenvalue weighted by atomic mass is 19.3. The summed E-state index contributed by atoms with van der Waals surface area (Å²) in [5.41, 5.74) is 0. The summed E-state index contributed by atoms with van der Waals surface area (Å²) in [6.45, 7) is -0.589. The molecule has 7 nitrogen and oxygen atoms in total. The van der Waals surface area contributed by atoms with Crippen molar-refractivity contribution in [2.24, 2.45) is 17.8 Å². The summed E-state index contributed by atoms with van der Waals surface area (Å²) in [6.07, 6.45) is 0.614. The normalized spacial score (nSPS) is 34.3. The van der Waals surface area contributed by atoms with Gasteiger partial charge in [-0.25, -0.2) is 9.59 Å². The number of hydrogen-bond donors (Lipinski definition) is 0. The molecule has 9 heteroatoms. The molecule has 2 heterocycles. The summed E-state index contributed by atoms with van der Waals surface area (Å²) in [4.78, 5) is 34.5. The van der Waals surface area contributed by atoms with Gasteiger partial charge in [-0.05, 0) is 31.6 Å². The molecule has 0 aromatic rings. The van der Waals surface area contributed by atoms with Gasteiger partial charge in [0.05, 0.1) is 5.92 Å². The molecule has 4 fully saturated rings. The zero-order valence-electron chi connectivity index (χ0n) is 13.0. The van der Waals surface area contributed by atoms with Gasteiger partial charge in [0.15, 0.2) is 0 Å². The van der Waals surface area contributed by atoms with Gasteiger partial charge in [-0.15, -0.1) is 0 Å². The largest absolute Gasteiger partial charge is 0.511 e. The molecule has 4 bridgehead atoms. The van der Waals surface area contributed by atoms with E-state index >= 15 is 0 Å².